The molecule has 6 nitrogen and oxygen atoms in total. The van der Waals surface area contributed by atoms with Crippen molar-refractivity contribution in [3.05, 3.63) is 0 Å². The fraction of sp³-hybridized carbons (Fsp3) is 1.00. The molecule has 0 radical (unpaired) electrons. The Balaban J connectivity index is 2.86. The van der Waals surface area contributed by atoms with Crippen LogP contribution in [0, 0.1) is 0 Å². The second-order valence-electron chi connectivity index (χ2n) is 4.30. The molecule has 18 heavy (non-hydrogen) atoms. The lowest BCUT2D eigenvalue weighted by atomic mass is 10.1. The normalized spacial score (nSPS) is 11.0. The van der Waals surface area contributed by atoms with E-state index in [0.717, 1.165) is 12.8 Å². The van der Waals surface area contributed by atoms with Crippen molar-refractivity contribution in [2.45, 2.75) is 71.1 Å². The van der Waals surface area contributed by atoms with Crippen LogP contribution in [0.3, 0.4) is 0 Å². The summed E-state index contributed by atoms with van der Waals surface area (Å²) in [5.41, 5.74) is 0. The molecule has 0 aliphatic rings. The zero-order chi connectivity index (χ0) is 13.3. The van der Waals surface area contributed by atoms with Crippen LogP contribution in [0.1, 0.15) is 71.1 Å². The first kappa shape index (κ1) is 17.8. The predicted octanol–water partition coefficient (Wildman–Crippen LogP) is 3.52. The van der Waals surface area contributed by atoms with Crippen LogP contribution in [0.2, 0.25) is 0 Å². The number of hydrogen-bond acceptors (Lipinski definition) is 6. The van der Waals surface area contributed by atoms with Gasteiger partial charge in [0.1, 0.15) is 0 Å². The monoisotopic (exact) mass is 265 g/mol. The van der Waals surface area contributed by atoms with Crippen molar-refractivity contribution in [3.63, 3.8) is 0 Å². The molecule has 2 N–H and O–H groups in total. The summed E-state index contributed by atoms with van der Waals surface area (Å²) < 4.78 is 0. The van der Waals surface area contributed by atoms with Crippen LogP contribution in [0.15, 0.2) is 0 Å². The van der Waals surface area contributed by atoms with Gasteiger partial charge in [-0.2, -0.15) is 5.90 Å². The molecule has 0 spiro atoms. The molecule has 0 unspecified atom stereocenters. The SMILES string of the molecule is CCCCCCCCCCCCOOOOON. The summed E-state index contributed by atoms with van der Waals surface area (Å²) in [6.07, 6.45) is 12.8. The molecule has 0 aromatic rings. The van der Waals surface area contributed by atoms with Crippen molar-refractivity contribution in [2.24, 2.45) is 5.90 Å². The van der Waals surface area contributed by atoms with Gasteiger partial charge in [0.25, 0.3) is 0 Å². The van der Waals surface area contributed by atoms with Gasteiger partial charge in [-0.15, -0.1) is 4.99 Å². The van der Waals surface area contributed by atoms with Crippen LogP contribution in [-0.2, 0) is 25.0 Å². The fourth-order valence-electron chi connectivity index (χ4n) is 1.73. The van der Waals surface area contributed by atoms with Crippen molar-refractivity contribution < 1.29 is 25.0 Å². The Bertz CT molecular complexity index is 132. The van der Waals surface area contributed by atoms with E-state index < -0.39 is 0 Å². The predicted molar refractivity (Wildman–Crippen MR) is 66.3 cm³/mol. The summed E-state index contributed by atoms with van der Waals surface area (Å²) in [5, 5.41) is 11.8. The van der Waals surface area contributed by atoms with E-state index in [1.54, 1.807) is 0 Å². The molecule has 0 saturated heterocycles. The zero-order valence-corrected chi connectivity index (χ0v) is 11.4. The van der Waals surface area contributed by atoms with Crippen LogP contribution < -0.4 is 5.90 Å². The molecule has 0 atom stereocenters. The van der Waals surface area contributed by atoms with Crippen LogP contribution in [0.4, 0.5) is 0 Å². The molecule has 0 aliphatic heterocycles. The largest absolute Gasteiger partial charge is 0.204 e. The molecule has 0 amide bonds. The third kappa shape index (κ3) is 15.8. The Morgan fingerprint density at radius 1 is 0.667 bits per heavy atom. The zero-order valence-electron chi connectivity index (χ0n) is 11.4. The lowest BCUT2D eigenvalue weighted by Crippen LogP contribution is -2.04. The topological polar surface area (TPSA) is 72.2 Å². The van der Waals surface area contributed by atoms with Crippen molar-refractivity contribution in [1.82, 2.24) is 0 Å². The summed E-state index contributed by atoms with van der Waals surface area (Å²) in [7, 11) is 0. The van der Waals surface area contributed by atoms with Gasteiger partial charge < -0.3 is 0 Å². The van der Waals surface area contributed by atoms with Gasteiger partial charge in [-0.3, -0.25) is 0 Å². The Hall–Kier alpha value is -0.240. The lowest BCUT2D eigenvalue weighted by molar-refractivity contribution is -0.710. The molecule has 0 heterocycles. The highest BCUT2D eigenvalue weighted by atomic mass is 17.8. The number of unbranched alkanes of at least 4 members (excludes halogenated alkanes) is 9. The van der Waals surface area contributed by atoms with E-state index in [1.165, 1.54) is 51.4 Å². The highest BCUT2D eigenvalue weighted by molar-refractivity contribution is 4.46. The van der Waals surface area contributed by atoms with Gasteiger partial charge in [-0.25, -0.2) is 4.89 Å². The van der Waals surface area contributed by atoms with Gasteiger partial charge in [-0.05, 0) is 21.5 Å². The van der Waals surface area contributed by atoms with Gasteiger partial charge >= 0.3 is 0 Å². The highest BCUT2D eigenvalue weighted by Crippen LogP contribution is 2.10. The summed E-state index contributed by atoms with van der Waals surface area (Å²) in [4.78, 5) is 8.25. The Labute approximate surface area is 109 Å². The summed E-state index contributed by atoms with van der Waals surface area (Å²) >= 11 is 0. The van der Waals surface area contributed by atoms with Crippen LogP contribution >= 0.6 is 0 Å². The molecule has 110 valence electrons. The molecule has 0 bridgehead atoms. The van der Waals surface area contributed by atoms with Crippen LogP contribution in [0.5, 0.6) is 0 Å². The van der Waals surface area contributed by atoms with E-state index >= 15 is 0 Å². The molecule has 6 heteroatoms. The van der Waals surface area contributed by atoms with E-state index in [2.05, 4.69) is 37.8 Å². The van der Waals surface area contributed by atoms with Gasteiger partial charge in [0.15, 0.2) is 0 Å². The molecular formula is C12H27NO5. The van der Waals surface area contributed by atoms with Crippen LogP contribution in [-0.4, -0.2) is 6.61 Å². The summed E-state index contributed by atoms with van der Waals surface area (Å²) in [6, 6.07) is 0. The molecular weight excluding hydrogens is 238 g/mol. The average molecular weight is 265 g/mol. The van der Waals surface area contributed by atoms with Gasteiger partial charge in [0, 0.05) is 0 Å². The first-order valence-corrected chi connectivity index (χ1v) is 6.90. The molecule has 0 saturated carbocycles. The van der Waals surface area contributed by atoms with Crippen LogP contribution in [0.25, 0.3) is 0 Å². The van der Waals surface area contributed by atoms with E-state index in [-0.39, 0.29) is 0 Å². The second kappa shape index (κ2) is 16.8. The smallest absolute Gasteiger partial charge is 0.0855 e. The first-order chi connectivity index (χ1) is 8.91. The number of nitrogens with two attached hydrogens (primary N) is 1. The minimum absolute atomic E-state index is 0.463. The summed E-state index contributed by atoms with van der Waals surface area (Å²) in [6.45, 7) is 2.70. The Kier molecular flexibility index (Phi) is 16.5. The van der Waals surface area contributed by atoms with Crippen molar-refractivity contribution in [2.75, 3.05) is 6.61 Å². The summed E-state index contributed by atoms with van der Waals surface area (Å²) in [5.74, 6) is 4.49. The van der Waals surface area contributed by atoms with Gasteiger partial charge in [0.05, 0.1) is 6.61 Å². The lowest BCUT2D eigenvalue weighted by Gasteiger charge is -2.02. The van der Waals surface area contributed by atoms with E-state index in [1.807, 2.05) is 0 Å². The highest BCUT2D eigenvalue weighted by Gasteiger charge is 1.94. The molecule has 0 aromatic carbocycles. The number of hydrogen-bond donors (Lipinski definition) is 1. The van der Waals surface area contributed by atoms with Crippen molar-refractivity contribution in [3.8, 4) is 0 Å². The number of rotatable bonds is 15. The fourth-order valence-corrected chi connectivity index (χ4v) is 1.73. The molecule has 0 aliphatic carbocycles. The Morgan fingerprint density at radius 2 is 1.22 bits per heavy atom. The quantitative estimate of drug-likeness (QED) is 0.277. The maximum Gasteiger partial charge on any atom is 0.0855 e. The molecule has 0 rings (SSSR count). The third-order valence-corrected chi connectivity index (χ3v) is 2.72. The average Bonchev–Trinajstić information content (AvgIpc) is 2.39. The Morgan fingerprint density at radius 3 is 1.78 bits per heavy atom. The minimum atomic E-state index is 0.463. The van der Waals surface area contributed by atoms with E-state index in [0.29, 0.717) is 6.61 Å². The van der Waals surface area contributed by atoms with Gasteiger partial charge in [-0.1, -0.05) is 64.7 Å². The first-order valence-electron chi connectivity index (χ1n) is 6.90. The maximum atomic E-state index is 4.62. The third-order valence-electron chi connectivity index (χ3n) is 2.72. The van der Waals surface area contributed by atoms with E-state index in [4.69, 9.17) is 0 Å². The van der Waals surface area contributed by atoms with E-state index in [9.17, 15) is 0 Å². The molecule has 0 fully saturated rings. The second-order valence-corrected chi connectivity index (χ2v) is 4.30. The standard InChI is InChI=1S/C12H27NO5/c1-2-3-4-5-6-7-8-9-10-11-12-14-16-18-17-15-13/h2-13H2,1H3. The minimum Gasteiger partial charge on any atom is -0.204 e. The molecule has 0 aromatic heterocycles. The van der Waals surface area contributed by atoms with Crippen molar-refractivity contribution >= 4 is 0 Å². The van der Waals surface area contributed by atoms with Crippen molar-refractivity contribution in [1.29, 1.82) is 0 Å². The van der Waals surface area contributed by atoms with Gasteiger partial charge in [0.2, 0.25) is 0 Å². The maximum absolute atomic E-state index is 4.62.